The molecule has 1 fully saturated rings. The fourth-order valence-electron chi connectivity index (χ4n) is 2.96. The van der Waals surface area contributed by atoms with Crippen molar-refractivity contribution in [3.63, 3.8) is 0 Å². The van der Waals surface area contributed by atoms with Gasteiger partial charge in [0.2, 0.25) is 0 Å². The first kappa shape index (κ1) is 20.0. The fraction of sp³-hybridized carbons (Fsp3) is 0.667. The van der Waals surface area contributed by atoms with Gasteiger partial charge in [-0.1, -0.05) is 6.07 Å². The molecule has 1 aromatic carbocycles. The smallest absolute Gasteiger partial charge is 0.411 e. The van der Waals surface area contributed by atoms with Crippen LogP contribution in [0.2, 0.25) is 0 Å². The van der Waals surface area contributed by atoms with Crippen molar-refractivity contribution in [3.8, 4) is 5.75 Å². The van der Waals surface area contributed by atoms with Crippen LogP contribution in [0, 0.1) is 0 Å². The summed E-state index contributed by atoms with van der Waals surface area (Å²) in [5, 5.41) is 0. The van der Waals surface area contributed by atoms with E-state index >= 15 is 0 Å². The molecular formula is C18H27F3N2O2. The van der Waals surface area contributed by atoms with Crippen LogP contribution in [0.3, 0.4) is 0 Å². The Kier molecular flexibility index (Phi) is 7.53. The van der Waals surface area contributed by atoms with Crippen molar-refractivity contribution in [3.05, 3.63) is 29.3 Å². The molecule has 0 spiro atoms. The van der Waals surface area contributed by atoms with Crippen LogP contribution in [0.15, 0.2) is 18.2 Å². The Labute approximate surface area is 147 Å². The molecule has 4 nitrogen and oxygen atoms in total. The van der Waals surface area contributed by atoms with Crippen molar-refractivity contribution >= 4 is 0 Å². The zero-order valence-corrected chi connectivity index (χ0v) is 14.9. The number of methoxy groups -OCH3 is 1. The first-order valence-corrected chi connectivity index (χ1v) is 8.58. The number of ether oxygens (including phenoxy) is 2. The van der Waals surface area contributed by atoms with Crippen LogP contribution in [-0.2, 0) is 17.8 Å². The monoisotopic (exact) mass is 360 g/mol. The first-order chi connectivity index (χ1) is 11.9. The lowest BCUT2D eigenvalue weighted by molar-refractivity contribution is -0.176. The van der Waals surface area contributed by atoms with Gasteiger partial charge in [0, 0.05) is 31.7 Å². The Morgan fingerprint density at radius 1 is 1.12 bits per heavy atom. The van der Waals surface area contributed by atoms with Crippen molar-refractivity contribution < 1.29 is 22.6 Å². The molecule has 0 aliphatic carbocycles. The van der Waals surface area contributed by atoms with Gasteiger partial charge in [0.15, 0.2) is 0 Å². The molecule has 1 heterocycles. The average Bonchev–Trinajstić information content (AvgIpc) is 2.56. The number of alkyl halides is 3. The molecule has 2 rings (SSSR count). The molecule has 1 aliphatic heterocycles. The number of aryl methyl sites for hydroxylation is 1. The second kappa shape index (κ2) is 9.40. The Bertz CT molecular complexity index is 530. The summed E-state index contributed by atoms with van der Waals surface area (Å²) in [4.78, 5) is 4.78. The molecular weight excluding hydrogens is 333 g/mol. The number of halogens is 3. The highest BCUT2D eigenvalue weighted by atomic mass is 19.4. The molecule has 1 aromatic rings. The zero-order chi connectivity index (χ0) is 18.3. The van der Waals surface area contributed by atoms with Gasteiger partial charge >= 0.3 is 6.18 Å². The number of likely N-dealkylation sites (N-methyl/N-ethyl adjacent to an activating group) is 1. The molecule has 0 saturated carbocycles. The maximum absolute atomic E-state index is 12.2. The molecule has 1 saturated heterocycles. The van der Waals surface area contributed by atoms with Crippen LogP contribution in [0.25, 0.3) is 0 Å². The lowest BCUT2D eigenvalue weighted by Crippen LogP contribution is -2.44. The van der Waals surface area contributed by atoms with E-state index in [1.54, 1.807) is 6.07 Å². The second-order valence-corrected chi connectivity index (χ2v) is 6.50. The Hall–Kier alpha value is -1.31. The van der Waals surface area contributed by atoms with Crippen LogP contribution in [-0.4, -0.2) is 69.5 Å². The molecule has 0 atom stereocenters. The molecule has 7 heteroatoms. The van der Waals surface area contributed by atoms with E-state index in [9.17, 15) is 13.2 Å². The van der Waals surface area contributed by atoms with E-state index in [2.05, 4.69) is 16.8 Å². The van der Waals surface area contributed by atoms with Crippen molar-refractivity contribution in [2.75, 3.05) is 53.5 Å². The normalized spacial score (nSPS) is 17.0. The summed E-state index contributed by atoms with van der Waals surface area (Å²) in [5.41, 5.74) is 1.75. The summed E-state index contributed by atoms with van der Waals surface area (Å²) in [7, 11) is 3.65. The number of nitrogens with zero attached hydrogens (tertiary/aromatic N) is 2. The van der Waals surface area contributed by atoms with E-state index in [1.807, 2.05) is 12.1 Å². The van der Waals surface area contributed by atoms with Crippen molar-refractivity contribution in [2.24, 2.45) is 0 Å². The van der Waals surface area contributed by atoms with Crippen molar-refractivity contribution in [1.29, 1.82) is 0 Å². The van der Waals surface area contributed by atoms with Crippen LogP contribution >= 0.6 is 0 Å². The third-order valence-corrected chi connectivity index (χ3v) is 4.40. The predicted octanol–water partition coefficient (Wildman–Crippen LogP) is 2.95. The quantitative estimate of drug-likeness (QED) is 0.712. The van der Waals surface area contributed by atoms with E-state index in [1.165, 1.54) is 7.11 Å². The third-order valence-electron chi connectivity index (χ3n) is 4.40. The maximum atomic E-state index is 12.2. The number of rotatable bonds is 8. The van der Waals surface area contributed by atoms with Crippen molar-refractivity contribution in [1.82, 2.24) is 9.80 Å². The van der Waals surface area contributed by atoms with E-state index in [0.29, 0.717) is 11.3 Å². The Balaban J connectivity index is 1.83. The summed E-state index contributed by atoms with van der Waals surface area (Å²) in [5.74, 6) is 0.560. The van der Waals surface area contributed by atoms with Crippen molar-refractivity contribution in [2.45, 2.75) is 25.6 Å². The summed E-state index contributed by atoms with van der Waals surface area (Å²) < 4.78 is 46.7. The van der Waals surface area contributed by atoms with Crippen LogP contribution in [0.5, 0.6) is 5.75 Å². The van der Waals surface area contributed by atoms with E-state index in [0.717, 1.165) is 51.1 Å². The van der Waals surface area contributed by atoms with Gasteiger partial charge in [-0.3, -0.25) is 0 Å². The van der Waals surface area contributed by atoms with Crippen LogP contribution < -0.4 is 4.74 Å². The molecule has 142 valence electrons. The summed E-state index contributed by atoms with van der Waals surface area (Å²) in [6, 6.07) is 5.66. The van der Waals surface area contributed by atoms with E-state index in [-0.39, 0.29) is 6.61 Å². The second-order valence-electron chi connectivity index (χ2n) is 6.50. The highest BCUT2D eigenvalue weighted by Crippen LogP contribution is 2.23. The van der Waals surface area contributed by atoms with Gasteiger partial charge in [-0.25, -0.2) is 0 Å². The molecule has 0 amide bonds. The van der Waals surface area contributed by atoms with Crippen LogP contribution in [0.4, 0.5) is 13.2 Å². The lowest BCUT2D eigenvalue weighted by atomic mass is 10.1. The largest absolute Gasteiger partial charge is 0.496 e. The van der Waals surface area contributed by atoms with Gasteiger partial charge in [0.05, 0.1) is 13.7 Å². The van der Waals surface area contributed by atoms with Gasteiger partial charge in [-0.05, 0) is 44.1 Å². The van der Waals surface area contributed by atoms with Gasteiger partial charge in [-0.2, -0.15) is 13.2 Å². The van der Waals surface area contributed by atoms with Gasteiger partial charge in [0.1, 0.15) is 12.4 Å². The minimum Gasteiger partial charge on any atom is -0.496 e. The molecule has 0 radical (unpaired) electrons. The highest BCUT2D eigenvalue weighted by molar-refractivity contribution is 5.37. The van der Waals surface area contributed by atoms with E-state index in [4.69, 9.17) is 9.47 Å². The molecule has 25 heavy (non-hydrogen) atoms. The van der Waals surface area contributed by atoms with Crippen LogP contribution in [0.1, 0.15) is 17.5 Å². The SMILES string of the molecule is COc1ccc(CCCN2CCN(C)CC2)cc1COCC(F)(F)F. The average molecular weight is 360 g/mol. The topological polar surface area (TPSA) is 24.9 Å². The molecule has 1 aliphatic rings. The fourth-order valence-corrected chi connectivity index (χ4v) is 2.96. The van der Waals surface area contributed by atoms with Gasteiger partial charge in [-0.15, -0.1) is 0 Å². The van der Waals surface area contributed by atoms with Gasteiger partial charge < -0.3 is 19.3 Å². The number of piperazine rings is 1. The summed E-state index contributed by atoms with van der Waals surface area (Å²) in [6.07, 6.45) is -2.39. The summed E-state index contributed by atoms with van der Waals surface area (Å²) in [6.45, 7) is 4.08. The zero-order valence-electron chi connectivity index (χ0n) is 14.9. The standard InChI is InChI=1S/C18H27F3N2O2/c1-22-8-10-23(11-9-22)7-3-4-15-5-6-17(24-2)16(12-15)13-25-14-18(19,20)21/h5-6,12H,3-4,7-11,13-14H2,1-2H3. The molecule has 0 aromatic heterocycles. The predicted molar refractivity (Wildman–Crippen MR) is 91.0 cm³/mol. The van der Waals surface area contributed by atoms with Gasteiger partial charge in [0.25, 0.3) is 0 Å². The minimum atomic E-state index is -4.31. The first-order valence-electron chi connectivity index (χ1n) is 8.58. The number of benzene rings is 1. The molecule has 0 unspecified atom stereocenters. The lowest BCUT2D eigenvalue weighted by Gasteiger charge is -2.32. The Morgan fingerprint density at radius 2 is 1.84 bits per heavy atom. The third kappa shape index (κ3) is 7.22. The maximum Gasteiger partial charge on any atom is 0.411 e. The highest BCUT2D eigenvalue weighted by Gasteiger charge is 2.27. The number of hydrogen-bond donors (Lipinski definition) is 0. The molecule has 0 N–H and O–H groups in total. The van der Waals surface area contributed by atoms with E-state index < -0.39 is 12.8 Å². The summed E-state index contributed by atoms with van der Waals surface area (Å²) >= 11 is 0. The Morgan fingerprint density at radius 3 is 2.48 bits per heavy atom. The minimum absolute atomic E-state index is 0.102. The number of hydrogen-bond acceptors (Lipinski definition) is 4. The molecule has 0 bridgehead atoms.